The molecule has 26 heavy (non-hydrogen) atoms. The van der Waals surface area contributed by atoms with Gasteiger partial charge in [0.25, 0.3) is 0 Å². The Bertz CT molecular complexity index is 1200. The summed E-state index contributed by atoms with van der Waals surface area (Å²) in [6.07, 6.45) is 6.73. The lowest BCUT2D eigenvalue weighted by molar-refractivity contribution is 0.389. The Morgan fingerprint density at radius 3 is 2.88 bits per heavy atom. The van der Waals surface area contributed by atoms with Crippen molar-refractivity contribution in [1.29, 1.82) is 0 Å². The number of imidazole rings is 1. The highest BCUT2D eigenvalue weighted by molar-refractivity contribution is 5.82. The highest BCUT2D eigenvalue weighted by Crippen LogP contribution is 2.36. The number of H-pyrrole nitrogens is 1. The molecular formula is C18H15F2N5O. The van der Waals surface area contributed by atoms with Gasteiger partial charge in [0, 0.05) is 23.6 Å². The maximum atomic E-state index is 14.1. The molecule has 1 aromatic carbocycles. The molecule has 6 nitrogen and oxygen atoms in total. The molecule has 1 saturated carbocycles. The fraction of sp³-hybridized carbons (Fsp3) is 0.278. The van der Waals surface area contributed by atoms with Crippen LogP contribution < -0.4 is 5.56 Å². The van der Waals surface area contributed by atoms with Crippen molar-refractivity contribution in [2.24, 2.45) is 0 Å². The lowest BCUT2D eigenvalue weighted by Crippen LogP contribution is -2.17. The highest BCUT2D eigenvalue weighted by atomic mass is 19.2. The smallest absolute Gasteiger partial charge is 0.248 e. The molecule has 1 aliphatic rings. The molecule has 0 radical (unpaired) electrons. The van der Waals surface area contributed by atoms with Crippen molar-refractivity contribution >= 4 is 16.7 Å². The number of fused-ring (bicyclic) bond motifs is 2. The third-order valence-electron chi connectivity index (χ3n) is 5.12. The van der Waals surface area contributed by atoms with Gasteiger partial charge in [0.1, 0.15) is 5.82 Å². The second-order valence-electron chi connectivity index (χ2n) is 6.69. The standard InChI is InChI=1S/C18H15F2N5O/c19-13-5-4-12-11(8-14(26)22-16(12)15(13)20)9-24-17(10-2-1-3-10)23-25-7-6-21-18(24)25/h4-8,10H,1-3,9H2,(H,22,26). The quantitative estimate of drug-likeness (QED) is 0.614. The number of nitrogens with one attached hydrogen (secondary N) is 1. The molecule has 3 heterocycles. The maximum Gasteiger partial charge on any atom is 0.248 e. The lowest BCUT2D eigenvalue weighted by Gasteiger charge is -2.25. The summed E-state index contributed by atoms with van der Waals surface area (Å²) in [4.78, 5) is 18.8. The van der Waals surface area contributed by atoms with Crippen LogP contribution in [-0.4, -0.2) is 24.1 Å². The summed E-state index contributed by atoms with van der Waals surface area (Å²) in [6, 6.07) is 3.98. The zero-order valence-corrected chi connectivity index (χ0v) is 13.7. The molecule has 1 N–H and O–H groups in total. The largest absolute Gasteiger partial charge is 0.319 e. The van der Waals surface area contributed by atoms with Crippen molar-refractivity contribution in [2.75, 3.05) is 0 Å². The molecule has 0 amide bonds. The molecule has 4 aromatic rings. The van der Waals surface area contributed by atoms with E-state index < -0.39 is 17.2 Å². The second kappa shape index (κ2) is 5.48. The van der Waals surface area contributed by atoms with Gasteiger partial charge in [0.05, 0.1) is 18.3 Å². The monoisotopic (exact) mass is 355 g/mol. The first kappa shape index (κ1) is 15.2. The van der Waals surface area contributed by atoms with Crippen LogP contribution in [0.4, 0.5) is 8.78 Å². The van der Waals surface area contributed by atoms with E-state index in [0.29, 0.717) is 29.2 Å². The molecule has 1 aliphatic carbocycles. The van der Waals surface area contributed by atoms with Gasteiger partial charge < -0.3 is 4.98 Å². The lowest BCUT2D eigenvalue weighted by atomic mass is 9.85. The summed E-state index contributed by atoms with van der Waals surface area (Å²) in [5, 5.41) is 5.10. The Balaban J connectivity index is 1.71. The average molecular weight is 355 g/mol. The van der Waals surface area contributed by atoms with E-state index in [9.17, 15) is 13.6 Å². The summed E-state index contributed by atoms with van der Waals surface area (Å²) in [5.74, 6) is -0.0894. The Kier molecular flexibility index (Phi) is 3.22. The first-order chi connectivity index (χ1) is 12.6. The van der Waals surface area contributed by atoms with E-state index in [0.717, 1.165) is 31.2 Å². The summed E-state index contributed by atoms with van der Waals surface area (Å²) >= 11 is 0. The fourth-order valence-electron chi connectivity index (χ4n) is 3.58. The number of rotatable bonds is 3. The van der Waals surface area contributed by atoms with E-state index in [1.54, 1.807) is 16.9 Å². The molecule has 1 fully saturated rings. The third-order valence-corrected chi connectivity index (χ3v) is 5.12. The predicted octanol–water partition coefficient (Wildman–Crippen LogP) is 2.97. The maximum absolute atomic E-state index is 14.1. The van der Waals surface area contributed by atoms with Crippen molar-refractivity contribution in [3.63, 3.8) is 0 Å². The third kappa shape index (κ3) is 2.18. The summed E-state index contributed by atoms with van der Waals surface area (Å²) in [6.45, 7) is 0.317. The number of halogens is 2. The van der Waals surface area contributed by atoms with Crippen LogP contribution in [0.3, 0.4) is 0 Å². The van der Waals surface area contributed by atoms with Gasteiger partial charge in [-0.2, -0.15) is 5.10 Å². The van der Waals surface area contributed by atoms with E-state index >= 15 is 0 Å². The number of aromatic amines is 1. The van der Waals surface area contributed by atoms with Crippen molar-refractivity contribution < 1.29 is 8.78 Å². The van der Waals surface area contributed by atoms with Gasteiger partial charge in [-0.3, -0.25) is 9.36 Å². The Hall–Kier alpha value is -3.03. The topological polar surface area (TPSA) is 68.0 Å². The summed E-state index contributed by atoms with van der Waals surface area (Å²) in [7, 11) is 0. The Morgan fingerprint density at radius 2 is 2.12 bits per heavy atom. The van der Waals surface area contributed by atoms with Crippen LogP contribution in [0.1, 0.15) is 36.6 Å². The normalized spacial score (nSPS) is 15.0. The average Bonchev–Trinajstić information content (AvgIpc) is 3.13. The van der Waals surface area contributed by atoms with E-state index in [4.69, 9.17) is 0 Å². The molecule has 8 heteroatoms. The van der Waals surface area contributed by atoms with Crippen LogP contribution in [0, 0.1) is 11.6 Å². The van der Waals surface area contributed by atoms with Crippen LogP contribution in [0.25, 0.3) is 16.7 Å². The summed E-state index contributed by atoms with van der Waals surface area (Å²) < 4.78 is 31.4. The summed E-state index contributed by atoms with van der Waals surface area (Å²) in [5.41, 5.74) is 0.0185. The minimum Gasteiger partial charge on any atom is -0.319 e. The van der Waals surface area contributed by atoms with Gasteiger partial charge in [-0.15, -0.1) is 0 Å². The predicted molar refractivity (Wildman–Crippen MR) is 91.2 cm³/mol. The second-order valence-corrected chi connectivity index (χ2v) is 6.69. The van der Waals surface area contributed by atoms with Crippen molar-refractivity contribution in [3.8, 4) is 0 Å². The van der Waals surface area contributed by atoms with Gasteiger partial charge in [0.15, 0.2) is 11.6 Å². The fourth-order valence-corrected chi connectivity index (χ4v) is 3.58. The van der Waals surface area contributed by atoms with Gasteiger partial charge >= 0.3 is 0 Å². The number of nitrogens with zero attached hydrogens (tertiary/aromatic N) is 4. The van der Waals surface area contributed by atoms with Crippen molar-refractivity contribution in [3.05, 3.63) is 64.0 Å². The van der Waals surface area contributed by atoms with Gasteiger partial charge in [0.2, 0.25) is 11.3 Å². The minimum absolute atomic E-state index is 0.114. The number of hydrogen-bond donors (Lipinski definition) is 1. The molecule has 0 aliphatic heterocycles. The SMILES string of the molecule is O=c1cc(Cn2c(C3CCC3)nn3ccnc23)c2ccc(F)c(F)c2[nH]1. The molecule has 0 spiro atoms. The van der Waals surface area contributed by atoms with Crippen LogP contribution in [-0.2, 0) is 6.54 Å². The van der Waals surface area contributed by atoms with E-state index in [2.05, 4.69) is 15.1 Å². The molecule has 132 valence electrons. The molecule has 5 rings (SSSR count). The molecule has 0 atom stereocenters. The molecule has 0 bridgehead atoms. The molecular weight excluding hydrogens is 340 g/mol. The van der Waals surface area contributed by atoms with Gasteiger partial charge in [-0.05, 0) is 30.5 Å². The Labute approximate surface area is 146 Å². The van der Waals surface area contributed by atoms with Crippen LogP contribution >= 0.6 is 0 Å². The molecule has 3 aromatic heterocycles. The van der Waals surface area contributed by atoms with Crippen molar-refractivity contribution in [2.45, 2.75) is 31.7 Å². The van der Waals surface area contributed by atoms with Gasteiger partial charge in [-0.25, -0.2) is 18.3 Å². The number of benzene rings is 1. The van der Waals surface area contributed by atoms with E-state index in [-0.39, 0.29) is 5.52 Å². The van der Waals surface area contributed by atoms with Crippen LogP contribution in [0.5, 0.6) is 0 Å². The van der Waals surface area contributed by atoms with Gasteiger partial charge in [-0.1, -0.05) is 6.42 Å². The number of aromatic nitrogens is 5. The molecule has 0 saturated heterocycles. The van der Waals surface area contributed by atoms with E-state index in [1.165, 1.54) is 12.1 Å². The Morgan fingerprint density at radius 1 is 1.27 bits per heavy atom. The highest BCUT2D eigenvalue weighted by Gasteiger charge is 2.27. The zero-order valence-electron chi connectivity index (χ0n) is 13.7. The van der Waals surface area contributed by atoms with E-state index in [1.807, 2.05) is 4.57 Å². The minimum atomic E-state index is -1.04. The van der Waals surface area contributed by atoms with Crippen LogP contribution in [0.2, 0.25) is 0 Å². The number of hydrogen-bond acceptors (Lipinski definition) is 3. The first-order valence-corrected chi connectivity index (χ1v) is 8.51. The first-order valence-electron chi connectivity index (χ1n) is 8.51. The van der Waals surface area contributed by atoms with Crippen LogP contribution in [0.15, 0.2) is 35.4 Å². The van der Waals surface area contributed by atoms with Crippen molar-refractivity contribution in [1.82, 2.24) is 24.1 Å². The molecule has 0 unspecified atom stereocenters. The zero-order chi connectivity index (χ0) is 17.8. The number of pyridine rings is 1.